The average Bonchev–Trinajstić information content (AvgIpc) is 2.60. The van der Waals surface area contributed by atoms with E-state index in [0.29, 0.717) is 12.4 Å². The molecule has 0 bridgehead atoms. The van der Waals surface area contributed by atoms with Gasteiger partial charge in [-0.25, -0.2) is 4.98 Å². The Balaban J connectivity index is 1.52. The third kappa shape index (κ3) is 4.33. The van der Waals surface area contributed by atoms with Crippen LogP contribution in [0.5, 0.6) is 0 Å². The molecule has 1 fully saturated rings. The van der Waals surface area contributed by atoms with Crippen molar-refractivity contribution >= 4 is 17.4 Å². The largest absolute Gasteiger partial charge is 0.354 e. The Morgan fingerprint density at radius 1 is 1.12 bits per heavy atom. The summed E-state index contributed by atoms with van der Waals surface area (Å²) in [4.78, 5) is 20.4. The molecule has 1 aromatic carbocycles. The maximum absolute atomic E-state index is 13.2. The second-order valence-corrected chi connectivity index (χ2v) is 6.38. The predicted octanol–water partition coefficient (Wildman–Crippen LogP) is 2.60. The fraction of sp³-hybridized carbons (Fsp3) is 0.368. The summed E-state index contributed by atoms with van der Waals surface area (Å²) in [7, 11) is 0. The molecule has 3 rings (SSSR count). The van der Waals surface area contributed by atoms with Gasteiger partial charge in [-0.1, -0.05) is 18.2 Å². The zero-order chi connectivity index (χ0) is 17.8. The van der Waals surface area contributed by atoms with Gasteiger partial charge in [0.25, 0.3) is 0 Å². The summed E-state index contributed by atoms with van der Waals surface area (Å²) in [5.41, 5.74) is 3.12. The van der Waals surface area contributed by atoms with Gasteiger partial charge in [0.1, 0.15) is 5.82 Å². The van der Waals surface area contributed by atoms with Crippen molar-refractivity contribution in [3.8, 4) is 0 Å². The van der Waals surface area contributed by atoms with Crippen LogP contribution >= 0.6 is 0 Å². The molecule has 2 heterocycles. The van der Waals surface area contributed by atoms with Gasteiger partial charge in [-0.3, -0.25) is 9.69 Å². The summed E-state index contributed by atoms with van der Waals surface area (Å²) in [6, 6.07) is 10.7. The molecule has 1 aliphatic rings. The fourth-order valence-corrected chi connectivity index (χ4v) is 2.99. The van der Waals surface area contributed by atoms with Crippen molar-refractivity contribution in [1.29, 1.82) is 0 Å². The van der Waals surface area contributed by atoms with Crippen molar-refractivity contribution in [3.63, 3.8) is 0 Å². The summed E-state index contributed by atoms with van der Waals surface area (Å²) >= 11 is 0. The normalized spacial score (nSPS) is 15.2. The second kappa shape index (κ2) is 7.61. The van der Waals surface area contributed by atoms with Crippen LogP contribution in [-0.4, -0.2) is 48.5 Å². The number of nitrogens with one attached hydrogen (secondary N) is 1. The molecule has 6 heteroatoms. The first-order valence-electron chi connectivity index (χ1n) is 8.49. The number of amides is 1. The van der Waals surface area contributed by atoms with Crippen LogP contribution in [0.1, 0.15) is 11.1 Å². The van der Waals surface area contributed by atoms with E-state index in [0.717, 1.165) is 43.0 Å². The molecule has 132 valence electrons. The Bertz CT molecular complexity index is 757. The summed E-state index contributed by atoms with van der Waals surface area (Å²) in [6.45, 7) is 7.36. The molecule has 1 aliphatic heterocycles. The number of piperazine rings is 1. The molecular weight excluding hydrogens is 319 g/mol. The number of benzene rings is 1. The van der Waals surface area contributed by atoms with Crippen LogP contribution in [0.3, 0.4) is 0 Å². The molecule has 0 radical (unpaired) electrons. The van der Waals surface area contributed by atoms with Gasteiger partial charge in [0.05, 0.1) is 6.54 Å². The summed E-state index contributed by atoms with van der Waals surface area (Å²) in [5, 5.41) is 2.99. The third-order valence-electron chi connectivity index (χ3n) is 4.64. The Kier molecular flexibility index (Phi) is 5.28. The van der Waals surface area contributed by atoms with E-state index in [2.05, 4.69) is 15.2 Å². The summed E-state index contributed by atoms with van der Waals surface area (Å²) < 4.78 is 13.2. The minimum atomic E-state index is -0.465. The Labute approximate surface area is 147 Å². The van der Waals surface area contributed by atoms with Gasteiger partial charge in [-0.15, -0.1) is 0 Å². The first-order valence-corrected chi connectivity index (χ1v) is 8.49. The van der Waals surface area contributed by atoms with E-state index in [1.165, 1.54) is 6.07 Å². The van der Waals surface area contributed by atoms with E-state index in [9.17, 15) is 9.18 Å². The van der Waals surface area contributed by atoms with Crippen molar-refractivity contribution in [3.05, 3.63) is 53.5 Å². The van der Waals surface area contributed by atoms with Gasteiger partial charge in [-0.05, 0) is 43.2 Å². The molecule has 1 N–H and O–H groups in total. The van der Waals surface area contributed by atoms with Crippen LogP contribution in [0, 0.1) is 19.8 Å². The number of nitrogens with zero attached hydrogens (tertiary/aromatic N) is 3. The number of aryl methyl sites for hydroxylation is 1. The molecule has 25 heavy (non-hydrogen) atoms. The fourth-order valence-electron chi connectivity index (χ4n) is 2.99. The zero-order valence-electron chi connectivity index (χ0n) is 14.6. The average molecular weight is 342 g/mol. The molecule has 0 aliphatic carbocycles. The maximum Gasteiger partial charge on any atom is 0.238 e. The summed E-state index contributed by atoms with van der Waals surface area (Å²) in [5.74, 6) is 0.179. The van der Waals surface area contributed by atoms with E-state index in [1.54, 1.807) is 6.07 Å². The number of anilines is 2. The SMILES string of the molecule is Cc1cccc(NC(=O)CN2CCN(c3cccc(F)n3)CC2)c1C. The minimum absolute atomic E-state index is 0.00831. The van der Waals surface area contributed by atoms with E-state index < -0.39 is 5.95 Å². The number of pyridine rings is 1. The van der Waals surface area contributed by atoms with E-state index in [1.807, 2.05) is 43.0 Å². The Morgan fingerprint density at radius 2 is 1.84 bits per heavy atom. The van der Waals surface area contributed by atoms with Crippen molar-refractivity contribution in [2.75, 3.05) is 42.9 Å². The zero-order valence-corrected chi connectivity index (χ0v) is 14.6. The lowest BCUT2D eigenvalue weighted by atomic mass is 10.1. The molecule has 1 aromatic heterocycles. The lowest BCUT2D eigenvalue weighted by molar-refractivity contribution is -0.117. The van der Waals surface area contributed by atoms with E-state index >= 15 is 0 Å². The van der Waals surface area contributed by atoms with Crippen LogP contribution in [-0.2, 0) is 4.79 Å². The van der Waals surface area contributed by atoms with Crippen molar-refractivity contribution < 1.29 is 9.18 Å². The molecule has 0 unspecified atom stereocenters. The molecular formula is C19H23FN4O. The monoisotopic (exact) mass is 342 g/mol. The molecule has 0 atom stereocenters. The maximum atomic E-state index is 13.2. The number of hydrogen-bond acceptors (Lipinski definition) is 4. The van der Waals surface area contributed by atoms with Crippen LogP contribution in [0.2, 0.25) is 0 Å². The Hall–Kier alpha value is -2.47. The second-order valence-electron chi connectivity index (χ2n) is 6.38. The molecule has 1 saturated heterocycles. The number of carbonyl (C=O) groups is 1. The van der Waals surface area contributed by atoms with Gasteiger partial charge in [0.2, 0.25) is 11.9 Å². The van der Waals surface area contributed by atoms with Crippen LogP contribution in [0.25, 0.3) is 0 Å². The minimum Gasteiger partial charge on any atom is -0.354 e. The van der Waals surface area contributed by atoms with Crippen molar-refractivity contribution in [1.82, 2.24) is 9.88 Å². The van der Waals surface area contributed by atoms with Crippen LogP contribution in [0.4, 0.5) is 15.9 Å². The van der Waals surface area contributed by atoms with Crippen molar-refractivity contribution in [2.24, 2.45) is 0 Å². The van der Waals surface area contributed by atoms with Crippen LogP contribution < -0.4 is 10.2 Å². The standard InChI is InChI=1S/C19H23FN4O/c1-14-5-3-6-16(15(14)2)21-19(25)13-23-9-11-24(12-10-23)18-8-4-7-17(20)22-18/h3-8H,9-13H2,1-2H3,(H,21,25). The lowest BCUT2D eigenvalue weighted by Gasteiger charge is -2.35. The highest BCUT2D eigenvalue weighted by atomic mass is 19.1. The quantitative estimate of drug-likeness (QED) is 0.868. The highest BCUT2D eigenvalue weighted by Crippen LogP contribution is 2.18. The first kappa shape index (κ1) is 17.4. The highest BCUT2D eigenvalue weighted by molar-refractivity contribution is 5.93. The van der Waals surface area contributed by atoms with Gasteiger partial charge in [0.15, 0.2) is 0 Å². The third-order valence-corrected chi connectivity index (χ3v) is 4.64. The topological polar surface area (TPSA) is 48.5 Å². The van der Waals surface area contributed by atoms with E-state index in [-0.39, 0.29) is 5.91 Å². The van der Waals surface area contributed by atoms with Gasteiger partial charge in [0, 0.05) is 31.9 Å². The van der Waals surface area contributed by atoms with Gasteiger partial charge < -0.3 is 10.2 Å². The predicted molar refractivity (Wildman–Crippen MR) is 97.4 cm³/mol. The Morgan fingerprint density at radius 3 is 2.56 bits per heavy atom. The number of halogens is 1. The molecule has 0 saturated carbocycles. The number of hydrogen-bond donors (Lipinski definition) is 1. The van der Waals surface area contributed by atoms with Gasteiger partial charge in [-0.2, -0.15) is 4.39 Å². The number of carbonyl (C=O) groups excluding carboxylic acids is 1. The van der Waals surface area contributed by atoms with Crippen LogP contribution in [0.15, 0.2) is 36.4 Å². The molecule has 2 aromatic rings. The first-order chi connectivity index (χ1) is 12.0. The lowest BCUT2D eigenvalue weighted by Crippen LogP contribution is -2.49. The van der Waals surface area contributed by atoms with Gasteiger partial charge >= 0.3 is 0 Å². The summed E-state index contributed by atoms with van der Waals surface area (Å²) in [6.07, 6.45) is 0. The molecule has 1 amide bonds. The number of aromatic nitrogens is 1. The smallest absolute Gasteiger partial charge is 0.238 e. The van der Waals surface area contributed by atoms with Crippen molar-refractivity contribution in [2.45, 2.75) is 13.8 Å². The van der Waals surface area contributed by atoms with E-state index in [4.69, 9.17) is 0 Å². The highest BCUT2D eigenvalue weighted by Gasteiger charge is 2.20. The molecule has 5 nitrogen and oxygen atoms in total. The molecule has 0 spiro atoms. The number of rotatable bonds is 4.